The second-order valence-electron chi connectivity index (χ2n) is 6.17. The van der Waals surface area contributed by atoms with E-state index in [1.165, 1.54) is 6.07 Å². The number of nitrogens with two attached hydrogens (primary N) is 1. The average Bonchev–Trinajstić information content (AvgIpc) is 3.15. The first kappa shape index (κ1) is 20.9. The van der Waals surface area contributed by atoms with Gasteiger partial charge in [0.2, 0.25) is 0 Å². The van der Waals surface area contributed by atoms with Gasteiger partial charge < -0.3 is 20.2 Å². The van der Waals surface area contributed by atoms with Crippen LogP contribution >= 0.6 is 12.4 Å². The molecule has 2 aromatic rings. The monoisotopic (exact) mass is 394 g/mol. The molecule has 0 saturated carbocycles. The van der Waals surface area contributed by atoms with Gasteiger partial charge in [0.05, 0.1) is 24.1 Å². The van der Waals surface area contributed by atoms with Gasteiger partial charge in [0.25, 0.3) is 11.8 Å². The van der Waals surface area contributed by atoms with E-state index in [1.807, 2.05) is 0 Å². The molecule has 8 nitrogen and oxygen atoms in total. The molecule has 1 fully saturated rings. The van der Waals surface area contributed by atoms with E-state index < -0.39 is 5.91 Å². The number of piperazine rings is 1. The second-order valence-corrected chi connectivity index (χ2v) is 6.17. The molecule has 0 spiro atoms. The van der Waals surface area contributed by atoms with Crippen LogP contribution in [0.3, 0.4) is 0 Å². The van der Waals surface area contributed by atoms with Crippen LogP contribution in [0.2, 0.25) is 0 Å². The van der Waals surface area contributed by atoms with Crippen molar-refractivity contribution in [3.05, 3.63) is 53.2 Å². The van der Waals surface area contributed by atoms with Crippen LogP contribution in [0.4, 0.5) is 0 Å². The molecule has 3 rings (SSSR count). The molecule has 0 atom stereocenters. The minimum atomic E-state index is -0.587. The minimum absolute atomic E-state index is 0. The van der Waals surface area contributed by atoms with Crippen LogP contribution in [0.25, 0.3) is 0 Å². The molecule has 3 heterocycles. The first-order valence-electron chi connectivity index (χ1n) is 8.53. The van der Waals surface area contributed by atoms with E-state index in [0.29, 0.717) is 44.2 Å². The summed E-state index contributed by atoms with van der Waals surface area (Å²) in [5.74, 6) is -0.122. The molecule has 2 aromatic heterocycles. The summed E-state index contributed by atoms with van der Waals surface area (Å²) in [6.45, 7) is 3.30. The van der Waals surface area contributed by atoms with E-state index in [2.05, 4.69) is 9.88 Å². The van der Waals surface area contributed by atoms with Gasteiger partial charge >= 0.3 is 0 Å². The zero-order chi connectivity index (χ0) is 18.5. The Kier molecular flexibility index (Phi) is 7.35. The fourth-order valence-electron chi connectivity index (χ4n) is 3.04. The lowest BCUT2D eigenvalue weighted by atomic mass is 10.1. The Morgan fingerprint density at radius 2 is 1.93 bits per heavy atom. The highest BCUT2D eigenvalue weighted by atomic mass is 35.5. The Labute approximate surface area is 163 Å². The van der Waals surface area contributed by atoms with Gasteiger partial charge in [-0.2, -0.15) is 0 Å². The highest BCUT2D eigenvalue weighted by molar-refractivity contribution is 5.96. The van der Waals surface area contributed by atoms with Gasteiger partial charge in [0, 0.05) is 39.1 Å². The molecule has 3 N–H and O–H groups in total. The van der Waals surface area contributed by atoms with Gasteiger partial charge in [-0.3, -0.25) is 14.5 Å². The number of aliphatic hydroxyl groups is 1. The number of pyridine rings is 1. The van der Waals surface area contributed by atoms with Gasteiger partial charge in [-0.15, -0.1) is 12.4 Å². The topological polar surface area (TPSA) is 113 Å². The first-order chi connectivity index (χ1) is 12.6. The molecule has 1 aliphatic heterocycles. The van der Waals surface area contributed by atoms with Gasteiger partial charge in [-0.05, 0) is 24.3 Å². The lowest BCUT2D eigenvalue weighted by Gasteiger charge is -2.34. The molecular weight excluding hydrogens is 372 g/mol. The first-order valence-corrected chi connectivity index (χ1v) is 8.53. The Balaban J connectivity index is 0.00000261. The zero-order valence-corrected chi connectivity index (χ0v) is 15.7. The number of hydrogen-bond donors (Lipinski definition) is 2. The van der Waals surface area contributed by atoms with Crippen LogP contribution in [0.15, 0.2) is 34.9 Å². The Bertz CT molecular complexity index is 774. The van der Waals surface area contributed by atoms with Crippen molar-refractivity contribution < 1.29 is 19.1 Å². The van der Waals surface area contributed by atoms with Gasteiger partial charge in [-0.1, -0.05) is 0 Å². The quantitative estimate of drug-likeness (QED) is 0.739. The maximum absolute atomic E-state index is 12.8. The van der Waals surface area contributed by atoms with E-state index >= 15 is 0 Å². The highest BCUT2D eigenvalue weighted by Gasteiger charge is 2.24. The fraction of sp³-hybridized carbons (Fsp3) is 0.389. The molecule has 9 heteroatoms. The van der Waals surface area contributed by atoms with E-state index in [-0.39, 0.29) is 42.6 Å². The third kappa shape index (κ3) is 5.06. The molecular formula is C18H23ClN4O4. The van der Waals surface area contributed by atoms with E-state index in [0.717, 1.165) is 0 Å². The van der Waals surface area contributed by atoms with E-state index in [1.54, 1.807) is 29.4 Å². The molecule has 1 aliphatic rings. The second kappa shape index (κ2) is 9.50. The van der Waals surface area contributed by atoms with Gasteiger partial charge in [-0.25, -0.2) is 4.98 Å². The molecule has 146 valence electrons. The van der Waals surface area contributed by atoms with Crippen molar-refractivity contribution in [2.45, 2.75) is 6.42 Å². The highest BCUT2D eigenvalue weighted by Crippen LogP contribution is 2.15. The molecule has 27 heavy (non-hydrogen) atoms. The van der Waals surface area contributed by atoms with Crippen molar-refractivity contribution in [2.24, 2.45) is 5.73 Å². The van der Waals surface area contributed by atoms with Crippen molar-refractivity contribution in [3.8, 4) is 0 Å². The number of hydrogen-bond acceptors (Lipinski definition) is 6. The summed E-state index contributed by atoms with van der Waals surface area (Å²) < 4.78 is 5.31. The van der Waals surface area contributed by atoms with Crippen LogP contribution in [-0.2, 0) is 6.42 Å². The summed E-state index contributed by atoms with van der Waals surface area (Å²) in [6, 6.07) is 6.61. The van der Waals surface area contributed by atoms with Crippen molar-refractivity contribution >= 4 is 24.2 Å². The van der Waals surface area contributed by atoms with Gasteiger partial charge in [0.1, 0.15) is 11.5 Å². The maximum atomic E-state index is 12.8. The summed E-state index contributed by atoms with van der Waals surface area (Å²) in [6.07, 6.45) is 1.83. The fourth-order valence-corrected chi connectivity index (χ4v) is 3.04. The third-order valence-corrected chi connectivity index (χ3v) is 4.46. The third-order valence-electron chi connectivity index (χ3n) is 4.46. The summed E-state index contributed by atoms with van der Waals surface area (Å²) in [4.78, 5) is 32.7. The van der Waals surface area contributed by atoms with Crippen molar-refractivity contribution in [2.75, 3.05) is 39.3 Å². The predicted molar refractivity (Wildman–Crippen MR) is 101 cm³/mol. The van der Waals surface area contributed by atoms with Crippen LogP contribution < -0.4 is 5.73 Å². The summed E-state index contributed by atoms with van der Waals surface area (Å²) in [5.41, 5.74) is 6.42. The molecule has 2 amide bonds. The van der Waals surface area contributed by atoms with Crippen molar-refractivity contribution in [1.82, 2.24) is 14.8 Å². The summed E-state index contributed by atoms with van der Waals surface area (Å²) in [7, 11) is 0. The Morgan fingerprint density at radius 3 is 2.52 bits per heavy atom. The standard InChI is InChI=1S/C18H22N4O4.ClH/c19-17(24)14-3-4-15(20-16(14)12-13-2-1-11-26-13)18(25)22-7-5-21(6-8-22)9-10-23;/h1-4,11,23H,5-10,12H2,(H2,19,24);1H. The maximum Gasteiger partial charge on any atom is 0.272 e. The largest absolute Gasteiger partial charge is 0.469 e. The van der Waals surface area contributed by atoms with Crippen LogP contribution in [0.1, 0.15) is 32.3 Å². The Morgan fingerprint density at radius 1 is 1.19 bits per heavy atom. The number of primary amides is 1. The summed E-state index contributed by atoms with van der Waals surface area (Å²) >= 11 is 0. The number of furan rings is 1. The number of β-amino-alcohol motifs (C(OH)–C–C–N with tert-alkyl or cyclic N) is 1. The normalized spacial score (nSPS) is 14.6. The minimum Gasteiger partial charge on any atom is -0.469 e. The zero-order valence-electron chi connectivity index (χ0n) is 14.8. The average molecular weight is 395 g/mol. The number of amides is 2. The van der Waals surface area contributed by atoms with Crippen LogP contribution in [-0.4, -0.2) is 71.0 Å². The van der Waals surface area contributed by atoms with E-state index in [4.69, 9.17) is 15.3 Å². The lowest BCUT2D eigenvalue weighted by Crippen LogP contribution is -2.49. The number of carbonyl (C=O) groups excluding carboxylic acids is 2. The predicted octanol–water partition coefficient (Wildman–Crippen LogP) is 0.536. The number of aliphatic hydroxyl groups excluding tert-OH is 1. The number of rotatable bonds is 6. The molecule has 0 aliphatic carbocycles. The SMILES string of the molecule is Cl.NC(=O)c1ccc(C(=O)N2CCN(CCO)CC2)nc1Cc1ccco1. The summed E-state index contributed by atoms with van der Waals surface area (Å²) in [5, 5.41) is 9.00. The Hall–Kier alpha value is -2.42. The lowest BCUT2D eigenvalue weighted by molar-refractivity contribution is 0.0608. The number of carbonyl (C=O) groups is 2. The molecule has 1 saturated heterocycles. The van der Waals surface area contributed by atoms with Crippen molar-refractivity contribution in [1.29, 1.82) is 0 Å². The molecule has 0 aromatic carbocycles. The molecule has 0 unspecified atom stereocenters. The molecule has 0 bridgehead atoms. The number of nitrogens with zero attached hydrogens (tertiary/aromatic N) is 3. The van der Waals surface area contributed by atoms with Crippen LogP contribution in [0, 0.1) is 0 Å². The van der Waals surface area contributed by atoms with Crippen molar-refractivity contribution in [3.63, 3.8) is 0 Å². The number of aromatic nitrogens is 1. The van der Waals surface area contributed by atoms with Crippen LogP contribution in [0.5, 0.6) is 0 Å². The van der Waals surface area contributed by atoms with E-state index in [9.17, 15) is 9.59 Å². The number of halogens is 1. The smallest absolute Gasteiger partial charge is 0.272 e. The molecule has 0 radical (unpaired) electrons. The van der Waals surface area contributed by atoms with Gasteiger partial charge in [0.15, 0.2) is 0 Å².